The maximum Gasteiger partial charge on any atom is 0.433 e. The number of nitrogens with one attached hydrogen (secondary N) is 1. The number of alkyl halides is 3. The Morgan fingerprint density at radius 1 is 0.968 bits per heavy atom. The van der Waals surface area contributed by atoms with Gasteiger partial charge in [0.25, 0.3) is 0 Å². The van der Waals surface area contributed by atoms with Gasteiger partial charge in [-0.05, 0) is 42.7 Å². The van der Waals surface area contributed by atoms with Gasteiger partial charge in [0.1, 0.15) is 11.6 Å². The molecule has 9 heteroatoms. The lowest BCUT2D eigenvalue weighted by Gasteiger charge is -2.32. The standard InChI is InChI=1S/C22H21F4N5/c23-17-3-1-15(2-4-17)14-31-11-7-18(8-12-31)28-20-13-19(22(24,25)26)29-21(30-20)16-5-9-27-10-6-16/h1-6,9-10,13,18H,7-8,11-12,14H2,(H,28,29,30). The van der Waals surface area contributed by atoms with Crippen molar-refractivity contribution in [1.29, 1.82) is 0 Å². The number of aromatic nitrogens is 3. The number of hydrogen-bond donors (Lipinski definition) is 1. The summed E-state index contributed by atoms with van der Waals surface area (Å²) in [6, 6.07) is 10.5. The van der Waals surface area contributed by atoms with E-state index in [1.165, 1.54) is 24.5 Å². The molecule has 1 aromatic carbocycles. The molecule has 0 spiro atoms. The van der Waals surface area contributed by atoms with E-state index in [1.807, 2.05) is 0 Å². The van der Waals surface area contributed by atoms with Crippen LogP contribution in [-0.2, 0) is 12.7 Å². The van der Waals surface area contributed by atoms with E-state index in [9.17, 15) is 17.6 Å². The summed E-state index contributed by atoms with van der Waals surface area (Å²) in [6.45, 7) is 2.28. The second-order valence-corrected chi connectivity index (χ2v) is 7.52. The van der Waals surface area contributed by atoms with Crippen LogP contribution in [0.2, 0.25) is 0 Å². The molecular weight excluding hydrogens is 410 g/mol. The van der Waals surface area contributed by atoms with E-state index in [0.717, 1.165) is 37.6 Å². The Morgan fingerprint density at radius 3 is 2.29 bits per heavy atom. The van der Waals surface area contributed by atoms with Gasteiger partial charge in [-0.3, -0.25) is 9.88 Å². The van der Waals surface area contributed by atoms with Crippen LogP contribution in [0.5, 0.6) is 0 Å². The number of anilines is 1. The van der Waals surface area contributed by atoms with Crippen LogP contribution in [0.1, 0.15) is 24.1 Å². The molecule has 1 saturated heterocycles. The third-order valence-corrected chi connectivity index (χ3v) is 5.21. The molecule has 162 valence electrons. The number of benzene rings is 1. The smallest absolute Gasteiger partial charge is 0.367 e. The van der Waals surface area contributed by atoms with Gasteiger partial charge >= 0.3 is 6.18 Å². The molecule has 3 aromatic rings. The first-order chi connectivity index (χ1) is 14.9. The number of likely N-dealkylation sites (tertiary alicyclic amines) is 1. The summed E-state index contributed by atoms with van der Waals surface area (Å²) in [5.74, 6) is -0.0968. The molecule has 0 aliphatic carbocycles. The summed E-state index contributed by atoms with van der Waals surface area (Å²) in [7, 11) is 0. The number of hydrogen-bond acceptors (Lipinski definition) is 5. The molecule has 0 unspecified atom stereocenters. The Balaban J connectivity index is 1.44. The van der Waals surface area contributed by atoms with Crippen molar-refractivity contribution < 1.29 is 17.6 Å². The lowest BCUT2D eigenvalue weighted by Crippen LogP contribution is -2.38. The summed E-state index contributed by atoms with van der Waals surface area (Å²) in [4.78, 5) is 14.1. The molecule has 0 amide bonds. The summed E-state index contributed by atoms with van der Waals surface area (Å²) in [6.07, 6.45) is -0.0697. The molecule has 3 heterocycles. The zero-order valence-electron chi connectivity index (χ0n) is 16.6. The van der Waals surface area contributed by atoms with Gasteiger partial charge in [-0.2, -0.15) is 13.2 Å². The quantitative estimate of drug-likeness (QED) is 0.590. The highest BCUT2D eigenvalue weighted by atomic mass is 19.4. The highest BCUT2D eigenvalue weighted by Crippen LogP contribution is 2.31. The Bertz CT molecular complexity index is 1000. The maximum atomic E-state index is 13.4. The Morgan fingerprint density at radius 2 is 1.65 bits per heavy atom. The van der Waals surface area contributed by atoms with Crippen molar-refractivity contribution in [2.45, 2.75) is 31.6 Å². The first-order valence-electron chi connectivity index (χ1n) is 9.97. The Labute approximate surface area is 177 Å². The number of pyridine rings is 1. The number of piperidine rings is 1. The van der Waals surface area contributed by atoms with Crippen molar-refractivity contribution in [3.63, 3.8) is 0 Å². The van der Waals surface area contributed by atoms with Crippen molar-refractivity contribution >= 4 is 5.82 Å². The molecule has 1 N–H and O–H groups in total. The summed E-state index contributed by atoms with van der Waals surface area (Å²) < 4.78 is 53.2. The molecular formula is C22H21F4N5. The van der Waals surface area contributed by atoms with E-state index >= 15 is 0 Å². The average Bonchev–Trinajstić information content (AvgIpc) is 2.76. The van der Waals surface area contributed by atoms with Crippen LogP contribution in [0.25, 0.3) is 11.4 Å². The van der Waals surface area contributed by atoms with Crippen molar-refractivity contribution in [1.82, 2.24) is 19.9 Å². The topological polar surface area (TPSA) is 53.9 Å². The highest BCUT2D eigenvalue weighted by molar-refractivity contribution is 5.57. The highest BCUT2D eigenvalue weighted by Gasteiger charge is 2.34. The lowest BCUT2D eigenvalue weighted by atomic mass is 10.0. The largest absolute Gasteiger partial charge is 0.433 e. The predicted molar refractivity (Wildman–Crippen MR) is 109 cm³/mol. The predicted octanol–water partition coefficient (Wildman–Crippen LogP) is 4.77. The second kappa shape index (κ2) is 8.97. The third kappa shape index (κ3) is 5.55. The molecule has 1 fully saturated rings. The second-order valence-electron chi connectivity index (χ2n) is 7.52. The van der Waals surface area contributed by atoms with E-state index in [0.29, 0.717) is 12.1 Å². The number of nitrogens with zero attached hydrogens (tertiary/aromatic N) is 4. The minimum Gasteiger partial charge on any atom is -0.367 e. The molecule has 0 saturated carbocycles. The first kappa shape index (κ1) is 21.2. The minimum atomic E-state index is -4.57. The lowest BCUT2D eigenvalue weighted by molar-refractivity contribution is -0.141. The third-order valence-electron chi connectivity index (χ3n) is 5.21. The van der Waals surface area contributed by atoms with Gasteiger partial charge in [-0.25, -0.2) is 14.4 Å². The zero-order valence-corrected chi connectivity index (χ0v) is 16.6. The van der Waals surface area contributed by atoms with Gasteiger partial charge in [-0.15, -0.1) is 0 Å². The molecule has 4 rings (SSSR count). The van der Waals surface area contributed by atoms with Crippen LogP contribution in [-0.4, -0.2) is 39.0 Å². The van der Waals surface area contributed by atoms with Crippen molar-refractivity contribution in [2.75, 3.05) is 18.4 Å². The van der Waals surface area contributed by atoms with Gasteiger partial charge in [0.15, 0.2) is 11.5 Å². The van der Waals surface area contributed by atoms with E-state index in [-0.39, 0.29) is 23.5 Å². The van der Waals surface area contributed by atoms with E-state index < -0.39 is 11.9 Å². The van der Waals surface area contributed by atoms with Crippen molar-refractivity contribution in [3.05, 3.63) is 71.9 Å². The molecule has 1 aliphatic rings. The van der Waals surface area contributed by atoms with Crippen LogP contribution >= 0.6 is 0 Å². The van der Waals surface area contributed by atoms with Crippen LogP contribution in [0.15, 0.2) is 54.9 Å². The van der Waals surface area contributed by atoms with E-state index in [1.54, 1.807) is 24.3 Å². The number of halogens is 4. The molecule has 0 atom stereocenters. The minimum absolute atomic E-state index is 0.00532. The monoisotopic (exact) mass is 431 g/mol. The molecule has 31 heavy (non-hydrogen) atoms. The molecule has 0 radical (unpaired) electrons. The fourth-order valence-corrected chi connectivity index (χ4v) is 3.59. The Hall–Kier alpha value is -3.07. The fraction of sp³-hybridized carbons (Fsp3) is 0.318. The first-order valence-corrected chi connectivity index (χ1v) is 9.97. The zero-order chi connectivity index (χ0) is 21.8. The number of rotatable bonds is 5. The molecule has 5 nitrogen and oxygen atoms in total. The molecule has 0 bridgehead atoms. The van der Waals surface area contributed by atoms with Gasteiger partial charge in [0, 0.05) is 49.7 Å². The van der Waals surface area contributed by atoms with Gasteiger partial charge in [-0.1, -0.05) is 12.1 Å². The maximum absolute atomic E-state index is 13.4. The van der Waals surface area contributed by atoms with Crippen LogP contribution in [0.3, 0.4) is 0 Å². The van der Waals surface area contributed by atoms with Gasteiger partial charge < -0.3 is 5.32 Å². The fourth-order valence-electron chi connectivity index (χ4n) is 3.59. The average molecular weight is 431 g/mol. The van der Waals surface area contributed by atoms with Crippen molar-refractivity contribution in [2.24, 2.45) is 0 Å². The van der Waals surface area contributed by atoms with Crippen LogP contribution in [0, 0.1) is 5.82 Å². The summed E-state index contributed by atoms with van der Waals surface area (Å²) in [5, 5.41) is 3.15. The SMILES string of the molecule is Fc1ccc(CN2CCC(Nc3cc(C(F)(F)F)nc(-c4ccncc4)n3)CC2)cc1. The van der Waals surface area contributed by atoms with Gasteiger partial charge in [0.2, 0.25) is 0 Å². The molecule has 1 aliphatic heterocycles. The van der Waals surface area contributed by atoms with Crippen LogP contribution < -0.4 is 5.32 Å². The van der Waals surface area contributed by atoms with Crippen LogP contribution in [0.4, 0.5) is 23.4 Å². The van der Waals surface area contributed by atoms with E-state index in [2.05, 4.69) is 25.2 Å². The summed E-state index contributed by atoms with van der Waals surface area (Å²) in [5.41, 5.74) is 0.518. The molecule has 2 aromatic heterocycles. The van der Waals surface area contributed by atoms with E-state index in [4.69, 9.17) is 0 Å². The van der Waals surface area contributed by atoms with Gasteiger partial charge in [0.05, 0.1) is 0 Å². The Kier molecular flexibility index (Phi) is 6.13. The normalized spacial score (nSPS) is 15.7. The summed E-state index contributed by atoms with van der Waals surface area (Å²) >= 11 is 0. The van der Waals surface area contributed by atoms with Crippen molar-refractivity contribution in [3.8, 4) is 11.4 Å².